The van der Waals surface area contributed by atoms with Gasteiger partial charge >= 0.3 is 73.3 Å². The SMILES string of the molecule is C.C.COC(=O)C1CC(C(C)O)([N+](=O)[O-])C1.COC(=O)C1CC(N)(C(C)O)C1.COC(=O)C1CC(N)(C(C)O)C1.COC(=O)C1CC([N+](=O)[O-])C1.ICI.[I][V][I]. The fourth-order valence-corrected chi connectivity index (χ4v) is 5.95. The molecule has 19 nitrogen and oxygen atoms in total. The number of esters is 4. The van der Waals surface area contributed by atoms with E-state index in [1.807, 2.05) is 0 Å². The number of carbonyl (C=O) groups is 4. The van der Waals surface area contributed by atoms with Crippen molar-refractivity contribution in [1.29, 1.82) is 0 Å². The molecular formula is C33H62I4N4O15V. The molecule has 4 saturated carbocycles. The van der Waals surface area contributed by atoms with E-state index in [1.54, 1.807) is 13.8 Å². The number of hydrogen-bond donors (Lipinski definition) is 5. The summed E-state index contributed by atoms with van der Waals surface area (Å²) in [5.41, 5.74) is 9.05. The van der Waals surface area contributed by atoms with Gasteiger partial charge in [0.1, 0.15) is 6.10 Å². The molecule has 3 atom stereocenters. The van der Waals surface area contributed by atoms with Gasteiger partial charge in [0.2, 0.25) is 11.6 Å². The summed E-state index contributed by atoms with van der Waals surface area (Å²) in [6, 6.07) is -0.529. The molecule has 0 bridgehead atoms. The van der Waals surface area contributed by atoms with Crippen molar-refractivity contribution >= 4 is 109 Å². The Balaban J connectivity index is -0.000000311. The Morgan fingerprint density at radius 2 is 0.912 bits per heavy atom. The maximum atomic E-state index is 11.0. The van der Waals surface area contributed by atoms with Crippen molar-refractivity contribution in [2.45, 2.75) is 128 Å². The van der Waals surface area contributed by atoms with Gasteiger partial charge in [-0.1, -0.05) is 60.0 Å². The molecule has 0 aromatic rings. The second kappa shape index (κ2) is 30.9. The Morgan fingerprint density at radius 3 is 1.11 bits per heavy atom. The van der Waals surface area contributed by atoms with Crippen molar-refractivity contribution in [1.82, 2.24) is 0 Å². The van der Waals surface area contributed by atoms with Crippen molar-refractivity contribution in [2.24, 2.45) is 35.1 Å². The molecule has 0 heterocycles. The molecule has 4 aliphatic carbocycles. The number of rotatable bonds is 9. The summed E-state index contributed by atoms with van der Waals surface area (Å²) in [6.45, 7) is 4.66. The Morgan fingerprint density at radius 1 is 0.667 bits per heavy atom. The van der Waals surface area contributed by atoms with Crippen LogP contribution in [0.25, 0.3) is 0 Å². The number of alkyl halides is 2. The molecule has 3 unspecified atom stereocenters. The number of nitrogens with zero attached hydrogens (tertiary/aromatic N) is 2. The summed E-state index contributed by atoms with van der Waals surface area (Å²) in [7, 11) is 5.89. The molecule has 4 rings (SSSR count). The standard InChI is InChI=1S/C8H13NO5.2C8H15NO3.C6H9NO4.CH2I2.2CH4.2HI.V/c1-5(10)8(9(12)13)3-6(4-8)7(11)14-2;2*1-5(10)8(9)3-6(4-8)7(11)12-2;1-11-6(8)4-2-5(3-4)7(9)10;2-1-3;;;;;/h5-6,10H,3-4H2,1-2H3;2*5-6,10H,3-4,9H2,1-2H3;4-5H,2-3H2,1H3;1H2;2*1H4;2*1H;/q;;;;;;;;;+2/p-2. The molecule has 0 aromatic carbocycles. The Bertz CT molecular complexity index is 1190. The third-order valence-electron chi connectivity index (χ3n) is 10.1. The van der Waals surface area contributed by atoms with Gasteiger partial charge < -0.3 is 45.7 Å². The van der Waals surface area contributed by atoms with Crippen molar-refractivity contribution in [3.63, 3.8) is 0 Å². The van der Waals surface area contributed by atoms with Gasteiger partial charge in [0.05, 0.1) is 66.8 Å². The number of nitro groups is 2. The fraction of sp³-hybridized carbons (Fsp3) is 0.879. The Labute approximate surface area is 392 Å². The van der Waals surface area contributed by atoms with Crippen LogP contribution in [0.5, 0.6) is 0 Å². The molecule has 0 radical (unpaired) electrons. The Hall–Kier alpha value is -0.0156. The molecule has 0 aromatic heterocycles. The van der Waals surface area contributed by atoms with Crippen molar-refractivity contribution in [3.05, 3.63) is 20.2 Å². The predicted octanol–water partition coefficient (Wildman–Crippen LogP) is 4.33. The van der Waals surface area contributed by atoms with E-state index >= 15 is 0 Å². The summed E-state index contributed by atoms with van der Waals surface area (Å²) in [4.78, 5) is 63.5. The van der Waals surface area contributed by atoms with Crippen molar-refractivity contribution in [3.8, 4) is 0 Å². The monoisotopic (exact) mass is 1310 g/mol. The van der Waals surface area contributed by atoms with Crippen LogP contribution in [-0.2, 0) is 47.6 Å². The van der Waals surface area contributed by atoms with Crippen LogP contribution in [0, 0.1) is 43.9 Å². The van der Waals surface area contributed by atoms with E-state index in [0.29, 0.717) is 48.0 Å². The van der Waals surface area contributed by atoms with Crippen LogP contribution in [0.2, 0.25) is 0 Å². The molecule has 0 aliphatic heterocycles. The normalized spacial score (nSPS) is 29.7. The van der Waals surface area contributed by atoms with E-state index in [-0.39, 0.29) is 68.3 Å². The average molecular weight is 1310 g/mol. The van der Waals surface area contributed by atoms with E-state index in [1.165, 1.54) is 37.8 Å². The van der Waals surface area contributed by atoms with Gasteiger partial charge in [0, 0.05) is 46.6 Å². The van der Waals surface area contributed by atoms with Crippen LogP contribution in [0.4, 0.5) is 0 Å². The number of halogens is 4. The molecule has 0 saturated heterocycles. The van der Waals surface area contributed by atoms with Gasteiger partial charge in [-0.3, -0.25) is 39.4 Å². The molecule has 4 aliphatic rings. The molecule has 57 heavy (non-hydrogen) atoms. The van der Waals surface area contributed by atoms with Crippen LogP contribution in [0.3, 0.4) is 0 Å². The zero-order chi connectivity index (χ0) is 43.5. The quantitative estimate of drug-likeness (QED) is 0.0536. The van der Waals surface area contributed by atoms with Crippen molar-refractivity contribution in [2.75, 3.05) is 30.9 Å². The number of hydrogen-bond acceptors (Lipinski definition) is 17. The molecule has 7 N–H and O–H groups in total. The van der Waals surface area contributed by atoms with E-state index in [9.17, 15) is 54.7 Å². The third kappa shape index (κ3) is 20.1. The van der Waals surface area contributed by atoms with Crippen LogP contribution >= 0.6 is 85.1 Å². The number of aliphatic hydroxyl groups is 3. The van der Waals surface area contributed by atoms with E-state index < -0.39 is 57.8 Å². The van der Waals surface area contributed by atoms with Gasteiger partial charge in [0.25, 0.3) is 0 Å². The topological polar surface area (TPSA) is 304 Å². The van der Waals surface area contributed by atoms with E-state index in [4.69, 9.17) is 11.5 Å². The first-order valence-corrected chi connectivity index (χ1v) is 28.7. The number of nitrogens with two attached hydrogens (primary N) is 2. The van der Waals surface area contributed by atoms with Crippen LogP contribution in [-0.4, -0.2) is 121 Å². The van der Waals surface area contributed by atoms with Crippen LogP contribution < -0.4 is 11.5 Å². The van der Waals surface area contributed by atoms with Gasteiger partial charge in [-0.05, 0) is 46.5 Å². The third-order valence-corrected chi connectivity index (χ3v) is 10.1. The molecule has 24 heteroatoms. The van der Waals surface area contributed by atoms with Gasteiger partial charge in [-0.15, -0.1) is 0 Å². The first kappa shape index (κ1) is 63.6. The molecule has 337 valence electrons. The van der Waals surface area contributed by atoms with Gasteiger partial charge in [0.15, 0.2) is 0 Å². The first-order valence-electron chi connectivity index (χ1n) is 16.7. The van der Waals surface area contributed by atoms with Gasteiger partial charge in [-0.2, -0.15) is 0 Å². The summed E-state index contributed by atoms with van der Waals surface area (Å²) in [5, 5.41) is 48.5. The number of methoxy groups -OCH3 is 4. The molecule has 4 fully saturated rings. The van der Waals surface area contributed by atoms with E-state index in [0.717, 1.165) is 0 Å². The summed E-state index contributed by atoms with van der Waals surface area (Å²) < 4.78 is 19.2. The van der Waals surface area contributed by atoms with Crippen LogP contribution in [0.15, 0.2) is 0 Å². The number of aliphatic hydroxyl groups excluding tert-OH is 3. The fourth-order valence-electron chi connectivity index (χ4n) is 5.95. The Kier molecular flexibility index (Phi) is 34.5. The second-order valence-corrected chi connectivity index (χ2v) is 29.8. The molecular weight excluding hydrogens is 1250 g/mol. The first-order chi connectivity index (χ1) is 25.4. The molecule has 0 spiro atoms. The zero-order valence-corrected chi connectivity index (χ0v) is 41.8. The summed E-state index contributed by atoms with van der Waals surface area (Å²) >= 11 is 9.29. The molecule has 0 amide bonds. The maximum absolute atomic E-state index is 11.0. The van der Waals surface area contributed by atoms with Gasteiger partial charge in [-0.25, -0.2) is 0 Å². The second-order valence-electron chi connectivity index (χ2n) is 13.5. The average Bonchev–Trinajstić information content (AvgIpc) is 3.04. The summed E-state index contributed by atoms with van der Waals surface area (Å²) in [5.74, 6) is -2.14. The minimum atomic E-state index is -1.35. The predicted molar refractivity (Wildman–Crippen MR) is 243 cm³/mol. The minimum absolute atomic E-state index is 0. The van der Waals surface area contributed by atoms with Crippen molar-refractivity contribution < 1.29 is 72.8 Å². The number of ether oxygens (including phenoxy) is 4. The van der Waals surface area contributed by atoms with E-state index in [2.05, 4.69) is 104 Å². The van der Waals surface area contributed by atoms with Crippen LogP contribution in [0.1, 0.15) is 87.0 Å². The summed E-state index contributed by atoms with van der Waals surface area (Å²) in [6.07, 6.45) is 0.729. The number of carbonyl (C=O) groups excluding carboxylic acids is 4. The zero-order valence-electron chi connectivity index (χ0n) is 31.7.